The Hall–Kier alpha value is -0.970. The first-order valence-corrected chi connectivity index (χ1v) is 7.00. The molecule has 0 aromatic heterocycles. The van der Waals surface area contributed by atoms with Crippen molar-refractivity contribution in [1.29, 1.82) is 0 Å². The van der Waals surface area contributed by atoms with Crippen LogP contribution in [-0.4, -0.2) is 42.9 Å². The highest BCUT2D eigenvalue weighted by Crippen LogP contribution is 2.22. The quantitative estimate of drug-likeness (QED) is 0.803. The first-order chi connectivity index (χ1) is 9.29. The van der Waals surface area contributed by atoms with Gasteiger partial charge in [-0.3, -0.25) is 4.90 Å². The minimum atomic E-state index is -0.207. The molecule has 1 fully saturated rings. The molecule has 1 N–H and O–H groups in total. The van der Waals surface area contributed by atoms with Crippen molar-refractivity contribution in [3.05, 3.63) is 35.6 Å². The number of rotatable bonds is 6. The van der Waals surface area contributed by atoms with Crippen molar-refractivity contribution in [3.63, 3.8) is 0 Å². The van der Waals surface area contributed by atoms with Gasteiger partial charge in [0.25, 0.3) is 0 Å². The molecule has 1 aromatic carbocycles. The Bertz CT molecular complexity index is 386. The second kappa shape index (κ2) is 7.58. The molecule has 1 atom stereocenters. The molecule has 0 spiro atoms. The van der Waals surface area contributed by atoms with E-state index in [2.05, 4.69) is 4.90 Å². The molecule has 2 rings (SSSR count). The Balaban J connectivity index is 1.83. The lowest BCUT2D eigenvalue weighted by molar-refractivity contribution is -0.0305. The standard InChI is InChI=1S/C15H22FNO2/c16-14-6-4-5-13(11-14)15-12-17(8-10-19-15)7-2-1-3-9-18/h4-6,11,15,18H,1-3,7-10,12H2. The number of morpholine rings is 1. The molecule has 0 radical (unpaired) electrons. The summed E-state index contributed by atoms with van der Waals surface area (Å²) in [4.78, 5) is 2.36. The fourth-order valence-corrected chi connectivity index (χ4v) is 2.44. The van der Waals surface area contributed by atoms with Gasteiger partial charge in [-0.15, -0.1) is 0 Å². The number of unbranched alkanes of at least 4 members (excludes halogenated alkanes) is 2. The first-order valence-electron chi connectivity index (χ1n) is 7.00. The van der Waals surface area contributed by atoms with Crippen LogP contribution in [0.25, 0.3) is 0 Å². The Morgan fingerprint density at radius 2 is 2.21 bits per heavy atom. The highest BCUT2D eigenvalue weighted by molar-refractivity contribution is 5.19. The molecule has 106 valence electrons. The Morgan fingerprint density at radius 3 is 3.00 bits per heavy atom. The van der Waals surface area contributed by atoms with Crippen LogP contribution in [0.2, 0.25) is 0 Å². The van der Waals surface area contributed by atoms with Gasteiger partial charge in [0, 0.05) is 19.7 Å². The Labute approximate surface area is 114 Å². The summed E-state index contributed by atoms with van der Waals surface area (Å²) in [6.45, 7) is 3.75. The van der Waals surface area contributed by atoms with E-state index < -0.39 is 0 Å². The third kappa shape index (κ3) is 4.56. The third-order valence-electron chi connectivity index (χ3n) is 3.50. The number of benzene rings is 1. The lowest BCUT2D eigenvalue weighted by atomic mass is 10.1. The van der Waals surface area contributed by atoms with Gasteiger partial charge in [-0.05, 0) is 43.5 Å². The van der Waals surface area contributed by atoms with E-state index in [1.54, 1.807) is 12.1 Å². The first kappa shape index (κ1) is 14.4. The molecule has 19 heavy (non-hydrogen) atoms. The van der Waals surface area contributed by atoms with E-state index in [0.717, 1.165) is 44.5 Å². The van der Waals surface area contributed by atoms with Crippen molar-refractivity contribution in [1.82, 2.24) is 4.90 Å². The highest BCUT2D eigenvalue weighted by atomic mass is 19.1. The molecular formula is C15H22FNO2. The monoisotopic (exact) mass is 267 g/mol. The zero-order valence-electron chi connectivity index (χ0n) is 11.2. The summed E-state index contributed by atoms with van der Waals surface area (Å²) in [6.07, 6.45) is 2.99. The van der Waals surface area contributed by atoms with E-state index in [1.807, 2.05) is 6.07 Å². The van der Waals surface area contributed by atoms with Gasteiger partial charge in [-0.25, -0.2) is 4.39 Å². The summed E-state index contributed by atoms with van der Waals surface area (Å²) in [5.74, 6) is -0.207. The van der Waals surface area contributed by atoms with Crippen molar-refractivity contribution < 1.29 is 14.2 Å². The predicted molar refractivity (Wildman–Crippen MR) is 72.5 cm³/mol. The van der Waals surface area contributed by atoms with Crippen LogP contribution >= 0.6 is 0 Å². The molecule has 1 aliphatic rings. The minimum absolute atomic E-state index is 0.0257. The van der Waals surface area contributed by atoms with Gasteiger partial charge in [0.2, 0.25) is 0 Å². The Kier molecular flexibility index (Phi) is 5.76. The smallest absolute Gasteiger partial charge is 0.123 e. The van der Waals surface area contributed by atoms with E-state index in [4.69, 9.17) is 9.84 Å². The lowest BCUT2D eigenvalue weighted by Crippen LogP contribution is -2.38. The van der Waals surface area contributed by atoms with Gasteiger partial charge in [-0.2, -0.15) is 0 Å². The van der Waals surface area contributed by atoms with Crippen LogP contribution in [-0.2, 0) is 4.74 Å². The zero-order valence-corrected chi connectivity index (χ0v) is 11.2. The fourth-order valence-electron chi connectivity index (χ4n) is 2.44. The van der Waals surface area contributed by atoms with Crippen LogP contribution in [0.3, 0.4) is 0 Å². The molecule has 0 amide bonds. The zero-order chi connectivity index (χ0) is 13.5. The van der Waals surface area contributed by atoms with Crippen LogP contribution in [0.1, 0.15) is 30.9 Å². The summed E-state index contributed by atoms with van der Waals surface area (Å²) in [5.41, 5.74) is 0.917. The Morgan fingerprint density at radius 1 is 1.32 bits per heavy atom. The molecule has 1 aliphatic heterocycles. The van der Waals surface area contributed by atoms with Crippen molar-refractivity contribution in [2.75, 3.05) is 32.8 Å². The van der Waals surface area contributed by atoms with Gasteiger partial charge >= 0.3 is 0 Å². The lowest BCUT2D eigenvalue weighted by Gasteiger charge is -2.33. The van der Waals surface area contributed by atoms with Gasteiger partial charge in [0.1, 0.15) is 5.82 Å². The highest BCUT2D eigenvalue weighted by Gasteiger charge is 2.21. The number of hydrogen-bond donors (Lipinski definition) is 1. The van der Waals surface area contributed by atoms with E-state index >= 15 is 0 Å². The summed E-state index contributed by atoms with van der Waals surface area (Å²) < 4.78 is 18.9. The molecule has 1 aromatic rings. The number of ether oxygens (including phenoxy) is 1. The molecule has 0 bridgehead atoms. The molecule has 1 unspecified atom stereocenters. The van der Waals surface area contributed by atoms with E-state index in [0.29, 0.717) is 6.61 Å². The van der Waals surface area contributed by atoms with Crippen LogP contribution < -0.4 is 0 Å². The third-order valence-corrected chi connectivity index (χ3v) is 3.50. The molecular weight excluding hydrogens is 245 g/mol. The van der Waals surface area contributed by atoms with Crippen molar-refractivity contribution in [2.24, 2.45) is 0 Å². The van der Waals surface area contributed by atoms with Gasteiger partial charge < -0.3 is 9.84 Å². The van der Waals surface area contributed by atoms with Crippen molar-refractivity contribution in [2.45, 2.75) is 25.4 Å². The van der Waals surface area contributed by atoms with E-state index in [-0.39, 0.29) is 18.5 Å². The predicted octanol–water partition coefficient (Wildman–Crippen LogP) is 2.36. The molecule has 4 heteroatoms. The summed E-state index contributed by atoms with van der Waals surface area (Å²) in [5, 5.41) is 8.75. The van der Waals surface area contributed by atoms with Crippen LogP contribution in [0.15, 0.2) is 24.3 Å². The SMILES string of the molecule is OCCCCCN1CCOC(c2cccc(F)c2)C1. The van der Waals surface area contributed by atoms with Crippen molar-refractivity contribution >= 4 is 0 Å². The normalized spacial score (nSPS) is 20.6. The minimum Gasteiger partial charge on any atom is -0.396 e. The summed E-state index contributed by atoms with van der Waals surface area (Å²) in [6, 6.07) is 6.66. The van der Waals surface area contributed by atoms with Gasteiger partial charge in [0.05, 0.1) is 12.7 Å². The molecule has 1 saturated heterocycles. The van der Waals surface area contributed by atoms with Crippen LogP contribution in [0.4, 0.5) is 4.39 Å². The van der Waals surface area contributed by atoms with E-state index in [9.17, 15) is 4.39 Å². The molecule has 1 heterocycles. The number of nitrogens with zero attached hydrogens (tertiary/aromatic N) is 1. The maximum atomic E-state index is 13.2. The average Bonchev–Trinajstić information content (AvgIpc) is 2.44. The van der Waals surface area contributed by atoms with E-state index in [1.165, 1.54) is 6.07 Å². The summed E-state index contributed by atoms with van der Waals surface area (Å²) in [7, 11) is 0. The largest absolute Gasteiger partial charge is 0.396 e. The number of aliphatic hydroxyl groups is 1. The number of halogens is 1. The fraction of sp³-hybridized carbons (Fsp3) is 0.600. The van der Waals surface area contributed by atoms with Gasteiger partial charge in [-0.1, -0.05) is 12.1 Å². The molecule has 3 nitrogen and oxygen atoms in total. The van der Waals surface area contributed by atoms with Crippen LogP contribution in [0.5, 0.6) is 0 Å². The maximum absolute atomic E-state index is 13.2. The van der Waals surface area contributed by atoms with Crippen LogP contribution in [0, 0.1) is 5.82 Å². The number of aliphatic hydroxyl groups excluding tert-OH is 1. The topological polar surface area (TPSA) is 32.7 Å². The van der Waals surface area contributed by atoms with Gasteiger partial charge in [0.15, 0.2) is 0 Å². The maximum Gasteiger partial charge on any atom is 0.123 e. The number of hydrogen-bond acceptors (Lipinski definition) is 3. The van der Waals surface area contributed by atoms with Crippen molar-refractivity contribution in [3.8, 4) is 0 Å². The summed E-state index contributed by atoms with van der Waals surface area (Å²) >= 11 is 0. The molecule has 0 saturated carbocycles. The second-order valence-electron chi connectivity index (χ2n) is 5.00. The second-order valence-corrected chi connectivity index (χ2v) is 5.00. The molecule has 0 aliphatic carbocycles. The average molecular weight is 267 g/mol.